The van der Waals surface area contributed by atoms with Crippen LogP contribution in [0.1, 0.15) is 0 Å². The standard InChI is InChI=1S/C54H36N2S/c1-3-17-37(18-4-1)38-19-15-20-39(35-38)40-21-16-24-42(36-40)55(41-22-5-2-6-23-41)51-34-33-46(54-53(51)47-28-10-14-32-52(47)57-54)45-27-9-13-31-50(45)56-48-29-11-7-25-43(48)44-26-8-12-30-49(44)56/h1-36H. The average Bonchev–Trinajstić information content (AvgIpc) is 3.84. The number of anilines is 3. The van der Waals surface area contributed by atoms with Crippen LogP contribution in [0.2, 0.25) is 0 Å². The molecule has 11 aromatic rings. The van der Waals surface area contributed by atoms with Crippen molar-refractivity contribution in [3.63, 3.8) is 0 Å². The van der Waals surface area contributed by atoms with E-state index in [1.807, 2.05) is 11.3 Å². The first-order valence-corrected chi connectivity index (χ1v) is 20.3. The molecule has 0 N–H and O–H groups in total. The van der Waals surface area contributed by atoms with Crippen molar-refractivity contribution < 1.29 is 0 Å². The van der Waals surface area contributed by atoms with Gasteiger partial charge in [0.1, 0.15) is 0 Å². The molecule has 268 valence electrons. The van der Waals surface area contributed by atoms with E-state index in [0.29, 0.717) is 0 Å². The Bertz CT molecular complexity index is 3190. The Morgan fingerprint density at radius 2 is 0.912 bits per heavy atom. The van der Waals surface area contributed by atoms with Gasteiger partial charge in [-0.15, -0.1) is 11.3 Å². The first-order valence-electron chi connectivity index (χ1n) is 19.4. The summed E-state index contributed by atoms with van der Waals surface area (Å²) in [6, 6.07) is 79.3. The first-order chi connectivity index (χ1) is 28.3. The minimum absolute atomic E-state index is 1.11. The van der Waals surface area contributed by atoms with E-state index < -0.39 is 0 Å². The Kier molecular flexibility index (Phi) is 8.04. The monoisotopic (exact) mass is 744 g/mol. The van der Waals surface area contributed by atoms with Gasteiger partial charge in [-0.3, -0.25) is 0 Å². The number of hydrogen-bond acceptors (Lipinski definition) is 2. The van der Waals surface area contributed by atoms with Crippen molar-refractivity contribution in [1.82, 2.24) is 4.57 Å². The van der Waals surface area contributed by atoms with E-state index in [9.17, 15) is 0 Å². The number of benzene rings is 9. The molecule has 0 bridgehead atoms. The summed E-state index contributed by atoms with van der Waals surface area (Å²) in [5.41, 5.74) is 14.2. The average molecular weight is 745 g/mol. The van der Waals surface area contributed by atoms with Crippen molar-refractivity contribution in [2.24, 2.45) is 0 Å². The number of hydrogen-bond donors (Lipinski definition) is 0. The fourth-order valence-electron chi connectivity index (χ4n) is 8.63. The quantitative estimate of drug-likeness (QED) is 0.158. The van der Waals surface area contributed by atoms with Crippen molar-refractivity contribution in [3.05, 3.63) is 218 Å². The molecule has 0 radical (unpaired) electrons. The molecule has 57 heavy (non-hydrogen) atoms. The highest BCUT2D eigenvalue weighted by atomic mass is 32.1. The molecule has 0 aliphatic heterocycles. The second-order valence-electron chi connectivity index (χ2n) is 14.5. The molecule has 0 atom stereocenters. The first kappa shape index (κ1) is 33.2. The lowest BCUT2D eigenvalue weighted by Crippen LogP contribution is -2.10. The van der Waals surface area contributed by atoms with Crippen LogP contribution in [0.5, 0.6) is 0 Å². The topological polar surface area (TPSA) is 8.17 Å². The second kappa shape index (κ2) is 13.8. The minimum Gasteiger partial charge on any atom is -0.310 e. The molecule has 0 unspecified atom stereocenters. The van der Waals surface area contributed by atoms with Crippen LogP contribution in [0, 0.1) is 0 Å². The lowest BCUT2D eigenvalue weighted by atomic mass is 9.97. The summed E-state index contributed by atoms with van der Waals surface area (Å²) in [6.07, 6.45) is 0. The van der Waals surface area contributed by atoms with Gasteiger partial charge < -0.3 is 9.47 Å². The van der Waals surface area contributed by atoms with Gasteiger partial charge in [0.05, 0.1) is 22.4 Å². The maximum Gasteiger partial charge on any atom is 0.0555 e. The zero-order valence-electron chi connectivity index (χ0n) is 31.1. The highest BCUT2D eigenvalue weighted by Gasteiger charge is 2.23. The highest BCUT2D eigenvalue weighted by Crippen LogP contribution is 2.49. The maximum atomic E-state index is 2.45. The molecule has 0 aliphatic carbocycles. The van der Waals surface area contributed by atoms with Gasteiger partial charge in [0, 0.05) is 53.4 Å². The van der Waals surface area contributed by atoms with Gasteiger partial charge in [0.15, 0.2) is 0 Å². The zero-order valence-corrected chi connectivity index (χ0v) is 31.9. The predicted molar refractivity (Wildman–Crippen MR) is 245 cm³/mol. The molecule has 2 heterocycles. The summed E-state index contributed by atoms with van der Waals surface area (Å²) >= 11 is 1.88. The lowest BCUT2D eigenvalue weighted by Gasteiger charge is -2.27. The van der Waals surface area contributed by atoms with Crippen molar-refractivity contribution in [1.29, 1.82) is 0 Å². The van der Waals surface area contributed by atoms with E-state index in [1.165, 1.54) is 81.0 Å². The number of para-hydroxylation sites is 4. The van der Waals surface area contributed by atoms with Gasteiger partial charge in [-0.25, -0.2) is 0 Å². The molecule has 3 heteroatoms. The summed E-state index contributed by atoms with van der Waals surface area (Å²) in [4.78, 5) is 2.44. The zero-order chi connectivity index (χ0) is 37.7. The van der Waals surface area contributed by atoms with Crippen molar-refractivity contribution in [2.75, 3.05) is 4.90 Å². The van der Waals surface area contributed by atoms with Gasteiger partial charge in [0.2, 0.25) is 0 Å². The fraction of sp³-hybridized carbons (Fsp3) is 0. The maximum absolute atomic E-state index is 2.45. The predicted octanol–water partition coefficient (Wildman–Crippen LogP) is 15.6. The number of nitrogens with zero attached hydrogens (tertiary/aromatic N) is 2. The lowest BCUT2D eigenvalue weighted by molar-refractivity contribution is 1.18. The van der Waals surface area contributed by atoms with Crippen LogP contribution in [0.4, 0.5) is 17.1 Å². The Morgan fingerprint density at radius 1 is 0.368 bits per heavy atom. The molecule has 0 fully saturated rings. The molecule has 2 nitrogen and oxygen atoms in total. The number of aromatic nitrogens is 1. The molecule has 0 saturated heterocycles. The molecule has 0 spiro atoms. The summed E-state index contributed by atoms with van der Waals surface area (Å²) in [7, 11) is 0. The molecule has 2 aromatic heterocycles. The fourth-order valence-corrected chi connectivity index (χ4v) is 9.88. The van der Waals surface area contributed by atoms with Gasteiger partial charge >= 0.3 is 0 Å². The molecule has 0 amide bonds. The molecule has 9 aromatic carbocycles. The second-order valence-corrected chi connectivity index (χ2v) is 15.5. The van der Waals surface area contributed by atoms with Gasteiger partial charge in [0.25, 0.3) is 0 Å². The third-order valence-electron chi connectivity index (χ3n) is 11.2. The van der Waals surface area contributed by atoms with E-state index in [4.69, 9.17) is 0 Å². The van der Waals surface area contributed by atoms with Crippen LogP contribution in [0.3, 0.4) is 0 Å². The van der Waals surface area contributed by atoms with E-state index in [-0.39, 0.29) is 0 Å². The van der Waals surface area contributed by atoms with Gasteiger partial charge in [-0.2, -0.15) is 0 Å². The van der Waals surface area contributed by atoms with Crippen LogP contribution < -0.4 is 4.90 Å². The summed E-state index contributed by atoms with van der Waals surface area (Å²) in [5, 5.41) is 5.04. The normalized spacial score (nSPS) is 11.5. The molecular formula is C54H36N2S. The van der Waals surface area contributed by atoms with Gasteiger partial charge in [-0.1, -0.05) is 158 Å². The molecule has 0 saturated carbocycles. The third-order valence-corrected chi connectivity index (χ3v) is 12.4. The van der Waals surface area contributed by atoms with E-state index in [1.54, 1.807) is 0 Å². The third kappa shape index (κ3) is 5.63. The van der Waals surface area contributed by atoms with Crippen molar-refractivity contribution in [2.45, 2.75) is 0 Å². The Morgan fingerprint density at radius 3 is 1.67 bits per heavy atom. The van der Waals surface area contributed by atoms with E-state index in [0.717, 1.165) is 17.1 Å². The largest absolute Gasteiger partial charge is 0.310 e. The molecular weight excluding hydrogens is 709 g/mol. The van der Waals surface area contributed by atoms with E-state index >= 15 is 0 Å². The SMILES string of the molecule is c1ccc(-c2cccc(-c3cccc(N(c4ccccc4)c4ccc(-c5ccccc5-n5c6ccccc6c6ccccc65)c5sc6ccccc6c45)c3)c2)cc1. The highest BCUT2D eigenvalue weighted by molar-refractivity contribution is 7.26. The van der Waals surface area contributed by atoms with Crippen LogP contribution in [0.15, 0.2) is 218 Å². The number of fused-ring (bicyclic) bond motifs is 6. The van der Waals surface area contributed by atoms with Crippen LogP contribution in [0.25, 0.3) is 81.0 Å². The van der Waals surface area contributed by atoms with E-state index in [2.05, 4.69) is 228 Å². The van der Waals surface area contributed by atoms with Crippen molar-refractivity contribution >= 4 is 70.4 Å². The Labute approximate surface area is 335 Å². The number of rotatable bonds is 7. The summed E-state index contributed by atoms with van der Waals surface area (Å²) < 4.78 is 4.99. The summed E-state index contributed by atoms with van der Waals surface area (Å²) in [6.45, 7) is 0. The van der Waals surface area contributed by atoms with Crippen LogP contribution in [-0.2, 0) is 0 Å². The van der Waals surface area contributed by atoms with Crippen LogP contribution >= 0.6 is 11.3 Å². The Hall–Kier alpha value is -7.20. The number of thiophene rings is 1. The summed E-state index contributed by atoms with van der Waals surface area (Å²) in [5.74, 6) is 0. The van der Waals surface area contributed by atoms with Gasteiger partial charge in [-0.05, 0) is 82.9 Å². The Balaban J connectivity index is 1.13. The molecule has 0 aliphatic rings. The minimum atomic E-state index is 1.11. The molecule has 11 rings (SSSR count). The van der Waals surface area contributed by atoms with Crippen LogP contribution in [-0.4, -0.2) is 4.57 Å². The smallest absolute Gasteiger partial charge is 0.0555 e. The van der Waals surface area contributed by atoms with Crippen molar-refractivity contribution in [3.8, 4) is 39.1 Å².